The molecule has 7 heteroatoms. The summed E-state index contributed by atoms with van der Waals surface area (Å²) < 4.78 is 0.671. The smallest absolute Gasteiger partial charge is 0.239 e. The zero-order chi connectivity index (χ0) is 19.4. The van der Waals surface area contributed by atoms with E-state index in [1.807, 2.05) is 43.3 Å². The van der Waals surface area contributed by atoms with Gasteiger partial charge in [0.25, 0.3) is 0 Å². The topological polar surface area (TPSA) is 82.5 Å². The highest BCUT2D eigenvalue weighted by atomic mass is 32.1. The van der Waals surface area contributed by atoms with Crippen LogP contribution in [0.4, 0.5) is 0 Å². The molecular formula is C20H19BN4OS. The van der Waals surface area contributed by atoms with Crippen LogP contribution < -0.4 is 10.5 Å². The van der Waals surface area contributed by atoms with E-state index in [0.717, 1.165) is 28.8 Å². The number of hydrogen-bond donors (Lipinski definition) is 1. The van der Waals surface area contributed by atoms with Crippen LogP contribution in [0.3, 0.4) is 0 Å². The fourth-order valence-corrected chi connectivity index (χ4v) is 4.69. The number of thiophene rings is 1. The molecule has 1 aromatic carbocycles. The van der Waals surface area contributed by atoms with E-state index in [-0.39, 0.29) is 17.3 Å². The number of hydrogen-bond acceptors (Lipinski definition) is 5. The van der Waals surface area contributed by atoms with E-state index in [9.17, 15) is 10.1 Å². The van der Waals surface area contributed by atoms with E-state index in [1.54, 1.807) is 7.05 Å². The molecule has 2 atom stereocenters. The highest BCUT2D eigenvalue weighted by Crippen LogP contribution is 2.49. The fraction of sp³-hybridized carbons (Fsp3) is 0.350. The lowest BCUT2D eigenvalue weighted by molar-refractivity contribution is -0.130. The minimum atomic E-state index is -0.829. The number of likely N-dealkylation sites (N-methyl/N-ethyl adjacent to an activating group) is 1. The number of nitrogens with zero attached hydrogens (tertiary/aromatic N) is 3. The van der Waals surface area contributed by atoms with Crippen LogP contribution in [-0.2, 0) is 15.7 Å². The highest BCUT2D eigenvalue weighted by Gasteiger charge is 2.49. The van der Waals surface area contributed by atoms with Crippen LogP contribution in [0.25, 0.3) is 0 Å². The minimum Gasteiger partial charge on any atom is -0.369 e. The molecule has 2 radical (unpaired) electrons. The summed E-state index contributed by atoms with van der Waals surface area (Å²) in [6.07, 6.45) is 1.78. The lowest BCUT2D eigenvalue weighted by Crippen LogP contribution is -2.52. The molecule has 0 spiro atoms. The second-order valence-electron chi connectivity index (χ2n) is 7.47. The molecule has 2 N–H and O–H groups in total. The first-order chi connectivity index (χ1) is 12.8. The summed E-state index contributed by atoms with van der Waals surface area (Å²) >= 11 is 1.42. The number of carbonyl (C=O) groups excluding carboxylic acids is 1. The predicted octanol–water partition coefficient (Wildman–Crippen LogP) is 1.88. The number of benzene rings is 1. The molecular weight excluding hydrogens is 355 g/mol. The first-order valence-corrected chi connectivity index (χ1v) is 9.63. The summed E-state index contributed by atoms with van der Waals surface area (Å²) in [5.41, 5.74) is 6.72. The second kappa shape index (κ2) is 5.96. The summed E-state index contributed by atoms with van der Waals surface area (Å²) in [5, 5.41) is 9.42. The quantitative estimate of drug-likeness (QED) is 0.833. The van der Waals surface area contributed by atoms with Crippen molar-refractivity contribution >= 4 is 35.8 Å². The molecule has 4 rings (SSSR count). The van der Waals surface area contributed by atoms with Crippen molar-refractivity contribution in [1.82, 2.24) is 4.90 Å². The molecule has 2 heterocycles. The van der Waals surface area contributed by atoms with Crippen LogP contribution >= 0.6 is 11.3 Å². The lowest BCUT2D eigenvalue weighted by Gasteiger charge is -2.40. The molecule has 1 aliphatic carbocycles. The molecule has 0 unspecified atom stereocenters. The first-order valence-electron chi connectivity index (χ1n) is 8.81. The van der Waals surface area contributed by atoms with Gasteiger partial charge in [0.2, 0.25) is 5.91 Å². The Bertz CT molecular complexity index is 986. The Labute approximate surface area is 163 Å². The number of nitriles is 1. The molecule has 1 amide bonds. The van der Waals surface area contributed by atoms with Crippen molar-refractivity contribution in [3.05, 3.63) is 52.4 Å². The average Bonchev–Trinajstić information content (AvgIpc) is 3.33. The maximum atomic E-state index is 13.2. The van der Waals surface area contributed by atoms with Gasteiger partial charge in [-0.2, -0.15) is 16.6 Å². The van der Waals surface area contributed by atoms with Crippen molar-refractivity contribution in [3.63, 3.8) is 0 Å². The van der Waals surface area contributed by atoms with Crippen molar-refractivity contribution in [2.75, 3.05) is 7.05 Å². The van der Waals surface area contributed by atoms with Gasteiger partial charge in [-0.1, -0.05) is 30.3 Å². The molecule has 1 aliphatic heterocycles. The standard InChI is InChI=1S/C20H19BN4OS/c1-19(14-7-8-15(21)27-14)16(17(26)25(2)18(23)24-19)12-3-5-13(6-4-12)20(11-22)9-10-20/h3-8,16H,9-10H2,1-2H3,(H2,23,24)/t16-,19-/m1/s1. The van der Waals surface area contributed by atoms with Crippen LogP contribution in [0.2, 0.25) is 0 Å². The number of guanidine groups is 1. The largest absolute Gasteiger partial charge is 0.369 e. The Morgan fingerprint density at radius 2 is 1.96 bits per heavy atom. The van der Waals surface area contributed by atoms with Gasteiger partial charge in [-0.05, 0) is 41.7 Å². The summed E-state index contributed by atoms with van der Waals surface area (Å²) in [4.78, 5) is 20.2. The number of aliphatic imine (C=N–C) groups is 1. The molecule has 2 aromatic rings. The Hall–Kier alpha value is -2.59. The Morgan fingerprint density at radius 3 is 2.48 bits per heavy atom. The zero-order valence-corrected chi connectivity index (χ0v) is 16.1. The van der Waals surface area contributed by atoms with Crippen LogP contribution in [0.15, 0.2) is 41.4 Å². The maximum absolute atomic E-state index is 13.2. The van der Waals surface area contributed by atoms with Gasteiger partial charge in [0, 0.05) is 11.9 Å². The van der Waals surface area contributed by atoms with Crippen molar-refractivity contribution < 1.29 is 4.79 Å². The van der Waals surface area contributed by atoms with Crippen molar-refractivity contribution in [1.29, 1.82) is 5.26 Å². The average molecular weight is 374 g/mol. The van der Waals surface area contributed by atoms with Crippen LogP contribution in [-0.4, -0.2) is 31.7 Å². The third-order valence-electron chi connectivity index (χ3n) is 5.72. The third kappa shape index (κ3) is 2.67. The van der Waals surface area contributed by atoms with Crippen molar-refractivity contribution in [2.24, 2.45) is 10.7 Å². The number of carbonyl (C=O) groups is 1. The molecule has 5 nitrogen and oxygen atoms in total. The van der Waals surface area contributed by atoms with Gasteiger partial charge in [-0.3, -0.25) is 9.69 Å². The molecule has 1 saturated carbocycles. The Kier molecular flexibility index (Phi) is 3.93. The second-order valence-corrected chi connectivity index (χ2v) is 8.58. The van der Waals surface area contributed by atoms with E-state index in [1.165, 1.54) is 16.2 Å². The Balaban J connectivity index is 1.81. The maximum Gasteiger partial charge on any atom is 0.239 e. The highest BCUT2D eigenvalue weighted by molar-refractivity contribution is 7.20. The van der Waals surface area contributed by atoms with Gasteiger partial charge in [0.15, 0.2) is 5.96 Å². The van der Waals surface area contributed by atoms with E-state index in [2.05, 4.69) is 11.1 Å². The van der Waals surface area contributed by atoms with E-state index >= 15 is 0 Å². The number of amides is 1. The normalized spacial score (nSPS) is 26.4. The zero-order valence-electron chi connectivity index (χ0n) is 15.3. The summed E-state index contributed by atoms with van der Waals surface area (Å²) in [5.74, 6) is -0.422. The van der Waals surface area contributed by atoms with Gasteiger partial charge in [-0.25, -0.2) is 4.99 Å². The molecule has 1 fully saturated rings. The van der Waals surface area contributed by atoms with Crippen molar-refractivity contribution in [3.8, 4) is 6.07 Å². The molecule has 0 bridgehead atoms. The SMILES string of the molecule is [B]c1ccc([C@@]2(C)N=C(N)N(C)C(=O)[C@H]2c2ccc(C3(C#N)CC3)cc2)s1. The first kappa shape index (κ1) is 17.8. The monoisotopic (exact) mass is 374 g/mol. The fourth-order valence-electron chi connectivity index (χ4n) is 3.80. The van der Waals surface area contributed by atoms with Gasteiger partial charge in [0.1, 0.15) is 13.4 Å². The van der Waals surface area contributed by atoms with E-state index < -0.39 is 11.5 Å². The predicted molar refractivity (Wildman–Crippen MR) is 107 cm³/mol. The third-order valence-corrected chi connectivity index (χ3v) is 6.86. The molecule has 1 aromatic heterocycles. The van der Waals surface area contributed by atoms with Gasteiger partial charge in [-0.15, -0.1) is 0 Å². The van der Waals surface area contributed by atoms with Gasteiger partial charge >= 0.3 is 0 Å². The number of nitrogens with two attached hydrogens (primary N) is 1. The van der Waals surface area contributed by atoms with Gasteiger partial charge in [0.05, 0.1) is 17.4 Å². The van der Waals surface area contributed by atoms with E-state index in [4.69, 9.17) is 13.6 Å². The summed E-state index contributed by atoms with van der Waals surface area (Å²) in [7, 11) is 7.57. The molecule has 134 valence electrons. The van der Waals surface area contributed by atoms with Crippen LogP contribution in [0.5, 0.6) is 0 Å². The van der Waals surface area contributed by atoms with E-state index in [0.29, 0.717) is 4.78 Å². The molecule has 27 heavy (non-hydrogen) atoms. The van der Waals surface area contributed by atoms with Crippen molar-refractivity contribution in [2.45, 2.75) is 36.6 Å². The van der Waals surface area contributed by atoms with Gasteiger partial charge < -0.3 is 5.73 Å². The number of rotatable bonds is 3. The van der Waals surface area contributed by atoms with Crippen LogP contribution in [0.1, 0.15) is 41.7 Å². The van der Waals surface area contributed by atoms with Crippen LogP contribution in [0, 0.1) is 11.3 Å². The molecule has 2 aliphatic rings. The summed E-state index contributed by atoms with van der Waals surface area (Å²) in [6, 6.07) is 13.9. The lowest BCUT2D eigenvalue weighted by atomic mass is 9.77. The minimum absolute atomic E-state index is 0.105. The summed E-state index contributed by atoms with van der Waals surface area (Å²) in [6.45, 7) is 1.92. The Morgan fingerprint density at radius 1 is 1.30 bits per heavy atom. The molecule has 0 saturated heterocycles.